The lowest BCUT2D eigenvalue weighted by Gasteiger charge is -2.06. The van der Waals surface area contributed by atoms with Crippen LogP contribution < -0.4 is 15.8 Å². The zero-order valence-corrected chi connectivity index (χ0v) is 12.3. The van der Waals surface area contributed by atoms with Crippen molar-refractivity contribution in [2.75, 3.05) is 18.2 Å². The third-order valence-electron chi connectivity index (χ3n) is 2.82. The number of hydrogen-bond donors (Lipinski definition) is 2. The molecule has 0 aliphatic carbocycles. The molecule has 1 aromatic heterocycles. The highest BCUT2D eigenvalue weighted by Gasteiger charge is 2.07. The standard InChI is InChI=1S/C14H12BrN3O2/c1-19-12-5-3-9(7-10(12)15)17-14-18-11-4-2-8(16)6-13(11)20-14/h2-7H,16H2,1H3,(H,17,18). The third-order valence-corrected chi connectivity index (χ3v) is 3.44. The number of benzene rings is 2. The molecule has 1 heterocycles. The average Bonchev–Trinajstić information content (AvgIpc) is 2.80. The molecule has 5 nitrogen and oxygen atoms in total. The molecule has 0 atom stereocenters. The van der Waals surface area contributed by atoms with Gasteiger partial charge in [0.05, 0.1) is 11.6 Å². The molecular weight excluding hydrogens is 322 g/mol. The Kier molecular flexibility index (Phi) is 3.23. The van der Waals surface area contributed by atoms with Gasteiger partial charge >= 0.3 is 0 Å². The van der Waals surface area contributed by atoms with E-state index in [1.54, 1.807) is 19.2 Å². The number of nitrogens with one attached hydrogen (secondary N) is 1. The summed E-state index contributed by atoms with van der Waals surface area (Å²) in [6.07, 6.45) is 0. The number of oxazole rings is 1. The molecule has 0 aliphatic rings. The van der Waals surface area contributed by atoms with Crippen molar-refractivity contribution in [2.24, 2.45) is 0 Å². The van der Waals surface area contributed by atoms with Crippen molar-refractivity contribution < 1.29 is 9.15 Å². The van der Waals surface area contributed by atoms with Gasteiger partial charge in [-0.1, -0.05) is 0 Å². The molecule has 0 unspecified atom stereocenters. The number of rotatable bonds is 3. The highest BCUT2D eigenvalue weighted by atomic mass is 79.9. The van der Waals surface area contributed by atoms with E-state index in [0.29, 0.717) is 17.3 Å². The van der Waals surface area contributed by atoms with Crippen LogP contribution in [0.5, 0.6) is 5.75 Å². The van der Waals surface area contributed by atoms with Gasteiger partial charge in [-0.15, -0.1) is 0 Å². The van der Waals surface area contributed by atoms with E-state index in [-0.39, 0.29) is 0 Å². The minimum Gasteiger partial charge on any atom is -0.496 e. The van der Waals surface area contributed by atoms with Crippen LogP contribution in [0.15, 0.2) is 45.3 Å². The number of nitrogens with zero attached hydrogens (tertiary/aromatic N) is 1. The molecule has 0 bridgehead atoms. The summed E-state index contributed by atoms with van der Waals surface area (Å²) in [6, 6.07) is 11.4. The normalized spacial score (nSPS) is 10.7. The van der Waals surface area contributed by atoms with Gasteiger partial charge in [0.1, 0.15) is 11.3 Å². The first kappa shape index (κ1) is 12.8. The second kappa shape index (κ2) is 5.05. The Hall–Kier alpha value is -2.21. The summed E-state index contributed by atoms with van der Waals surface area (Å²) >= 11 is 3.43. The molecule has 3 aromatic rings. The minimum atomic E-state index is 0.419. The van der Waals surface area contributed by atoms with Crippen LogP contribution in [0.1, 0.15) is 0 Å². The van der Waals surface area contributed by atoms with Crippen molar-refractivity contribution in [1.29, 1.82) is 0 Å². The van der Waals surface area contributed by atoms with Crippen molar-refractivity contribution in [3.05, 3.63) is 40.9 Å². The van der Waals surface area contributed by atoms with E-state index >= 15 is 0 Å². The zero-order chi connectivity index (χ0) is 14.1. The molecule has 0 aliphatic heterocycles. The average molecular weight is 334 g/mol. The van der Waals surface area contributed by atoms with E-state index in [1.807, 2.05) is 24.3 Å². The van der Waals surface area contributed by atoms with E-state index in [0.717, 1.165) is 21.4 Å². The molecule has 6 heteroatoms. The first-order chi connectivity index (χ1) is 9.65. The number of ether oxygens (including phenoxy) is 1. The fourth-order valence-electron chi connectivity index (χ4n) is 1.86. The topological polar surface area (TPSA) is 73.3 Å². The molecule has 3 N–H and O–H groups in total. The third kappa shape index (κ3) is 2.42. The van der Waals surface area contributed by atoms with Crippen molar-refractivity contribution in [3.8, 4) is 5.75 Å². The van der Waals surface area contributed by atoms with Gasteiger partial charge in [0.25, 0.3) is 6.01 Å². The maximum Gasteiger partial charge on any atom is 0.300 e. The van der Waals surface area contributed by atoms with Gasteiger partial charge in [-0.2, -0.15) is 4.98 Å². The summed E-state index contributed by atoms with van der Waals surface area (Å²) in [5.74, 6) is 0.765. The number of anilines is 3. The van der Waals surface area contributed by atoms with Crippen LogP contribution in [0, 0.1) is 0 Å². The highest BCUT2D eigenvalue weighted by Crippen LogP contribution is 2.30. The number of aromatic nitrogens is 1. The molecule has 0 spiro atoms. The quantitative estimate of drug-likeness (QED) is 0.710. The molecule has 0 saturated heterocycles. The monoisotopic (exact) mass is 333 g/mol. The summed E-state index contributed by atoms with van der Waals surface area (Å²) in [4.78, 5) is 4.34. The molecule has 20 heavy (non-hydrogen) atoms. The van der Waals surface area contributed by atoms with Crippen LogP contribution in [-0.2, 0) is 0 Å². The Morgan fingerprint density at radius 2 is 2.10 bits per heavy atom. The smallest absolute Gasteiger partial charge is 0.300 e. The minimum absolute atomic E-state index is 0.419. The summed E-state index contributed by atoms with van der Waals surface area (Å²) in [6.45, 7) is 0. The van der Waals surface area contributed by atoms with Crippen LogP contribution in [0.3, 0.4) is 0 Å². The van der Waals surface area contributed by atoms with Crippen molar-refractivity contribution in [1.82, 2.24) is 4.98 Å². The van der Waals surface area contributed by atoms with Gasteiger partial charge in [-0.3, -0.25) is 0 Å². The van der Waals surface area contributed by atoms with E-state index in [1.165, 1.54) is 0 Å². The SMILES string of the molecule is COc1ccc(Nc2nc3ccc(N)cc3o2)cc1Br. The number of nitrogens with two attached hydrogens (primary N) is 1. The van der Waals surface area contributed by atoms with E-state index < -0.39 is 0 Å². The number of halogens is 1. The van der Waals surface area contributed by atoms with E-state index in [2.05, 4.69) is 26.2 Å². The molecule has 0 amide bonds. The number of fused-ring (bicyclic) bond motifs is 1. The van der Waals surface area contributed by atoms with Gasteiger partial charge < -0.3 is 20.2 Å². The molecular formula is C14H12BrN3O2. The summed E-state index contributed by atoms with van der Waals surface area (Å²) in [5, 5.41) is 3.10. The Bertz CT molecular complexity index is 770. The Labute approximate surface area is 123 Å². The first-order valence-corrected chi connectivity index (χ1v) is 6.71. The van der Waals surface area contributed by atoms with Crippen LogP contribution in [0.25, 0.3) is 11.1 Å². The van der Waals surface area contributed by atoms with Gasteiger partial charge in [-0.05, 0) is 46.3 Å². The summed E-state index contributed by atoms with van der Waals surface area (Å²) in [5.41, 5.74) is 8.61. The van der Waals surface area contributed by atoms with Gasteiger partial charge in [0.15, 0.2) is 5.58 Å². The molecule has 102 valence electrons. The van der Waals surface area contributed by atoms with E-state index in [9.17, 15) is 0 Å². The Morgan fingerprint density at radius 1 is 1.25 bits per heavy atom. The lowest BCUT2D eigenvalue weighted by atomic mass is 10.3. The van der Waals surface area contributed by atoms with Crippen LogP contribution in [0.4, 0.5) is 17.4 Å². The second-order valence-electron chi connectivity index (χ2n) is 4.22. The molecule has 0 radical (unpaired) electrons. The van der Waals surface area contributed by atoms with Gasteiger partial charge in [0.2, 0.25) is 0 Å². The van der Waals surface area contributed by atoms with Crippen molar-refractivity contribution >= 4 is 44.4 Å². The largest absolute Gasteiger partial charge is 0.496 e. The number of hydrogen-bond acceptors (Lipinski definition) is 5. The molecule has 0 fully saturated rings. The molecule has 2 aromatic carbocycles. The predicted octanol–water partition coefficient (Wildman–Crippen LogP) is 3.92. The van der Waals surface area contributed by atoms with Crippen molar-refractivity contribution in [2.45, 2.75) is 0 Å². The van der Waals surface area contributed by atoms with Gasteiger partial charge in [0, 0.05) is 17.4 Å². The van der Waals surface area contributed by atoms with Gasteiger partial charge in [-0.25, -0.2) is 0 Å². The summed E-state index contributed by atoms with van der Waals surface area (Å²) in [7, 11) is 1.62. The maximum atomic E-state index is 5.71. The van der Waals surface area contributed by atoms with E-state index in [4.69, 9.17) is 14.9 Å². The lowest BCUT2D eigenvalue weighted by molar-refractivity contribution is 0.412. The zero-order valence-electron chi connectivity index (χ0n) is 10.7. The summed E-state index contributed by atoms with van der Waals surface area (Å²) < 4.78 is 11.6. The predicted molar refractivity (Wildman–Crippen MR) is 82.4 cm³/mol. The second-order valence-corrected chi connectivity index (χ2v) is 5.07. The Morgan fingerprint density at radius 3 is 2.85 bits per heavy atom. The number of nitrogen functional groups attached to an aromatic ring is 1. The lowest BCUT2D eigenvalue weighted by Crippen LogP contribution is -1.91. The van der Waals surface area contributed by atoms with Crippen LogP contribution in [0.2, 0.25) is 0 Å². The fraction of sp³-hybridized carbons (Fsp3) is 0.0714. The van der Waals surface area contributed by atoms with Crippen LogP contribution in [-0.4, -0.2) is 12.1 Å². The van der Waals surface area contributed by atoms with Crippen molar-refractivity contribution in [3.63, 3.8) is 0 Å². The fourth-order valence-corrected chi connectivity index (χ4v) is 2.40. The highest BCUT2D eigenvalue weighted by molar-refractivity contribution is 9.10. The maximum absolute atomic E-state index is 5.71. The molecule has 0 saturated carbocycles. The van der Waals surface area contributed by atoms with Crippen LogP contribution >= 0.6 is 15.9 Å². The number of methoxy groups -OCH3 is 1. The molecule has 3 rings (SSSR count). The Balaban J connectivity index is 1.90. The first-order valence-electron chi connectivity index (χ1n) is 5.92.